The molecular formula is C12H25NO4. The first kappa shape index (κ1) is 14.9. The van der Waals surface area contributed by atoms with E-state index < -0.39 is 12.7 Å². The average Bonchev–Trinajstić information content (AvgIpc) is 2.26. The van der Waals surface area contributed by atoms with Gasteiger partial charge in [0.25, 0.3) is 0 Å². The number of aliphatic hydroxyl groups excluding tert-OH is 2. The van der Waals surface area contributed by atoms with Crippen molar-refractivity contribution in [2.24, 2.45) is 5.92 Å². The van der Waals surface area contributed by atoms with Gasteiger partial charge < -0.3 is 19.7 Å². The summed E-state index contributed by atoms with van der Waals surface area (Å²) in [7, 11) is 1.51. The van der Waals surface area contributed by atoms with Gasteiger partial charge in [-0.25, -0.2) is 0 Å². The van der Waals surface area contributed by atoms with Gasteiger partial charge in [0.2, 0.25) is 6.41 Å². The van der Waals surface area contributed by atoms with Crippen LogP contribution in [0.1, 0.15) is 33.6 Å². The smallest absolute Gasteiger partial charge is 0.216 e. The summed E-state index contributed by atoms with van der Waals surface area (Å²) in [5, 5.41) is 19.5. The highest BCUT2D eigenvalue weighted by molar-refractivity contribution is 4.74. The molecule has 2 N–H and O–H groups in total. The second-order valence-electron chi connectivity index (χ2n) is 5.56. The minimum Gasteiger partial charge on any atom is -0.368 e. The fourth-order valence-corrected chi connectivity index (χ4v) is 2.01. The summed E-state index contributed by atoms with van der Waals surface area (Å²) in [5.41, 5.74) is -0.359. The van der Waals surface area contributed by atoms with E-state index in [4.69, 9.17) is 9.47 Å². The van der Waals surface area contributed by atoms with Crippen molar-refractivity contribution in [2.45, 2.75) is 51.9 Å². The summed E-state index contributed by atoms with van der Waals surface area (Å²) in [6, 6.07) is 0. The van der Waals surface area contributed by atoms with E-state index in [2.05, 4.69) is 0 Å². The van der Waals surface area contributed by atoms with Gasteiger partial charge in [0.1, 0.15) is 0 Å². The van der Waals surface area contributed by atoms with Gasteiger partial charge in [0.05, 0.1) is 5.60 Å². The van der Waals surface area contributed by atoms with Crippen molar-refractivity contribution in [1.82, 2.24) is 4.90 Å². The van der Waals surface area contributed by atoms with Crippen molar-refractivity contribution in [3.05, 3.63) is 0 Å². The van der Waals surface area contributed by atoms with Crippen LogP contribution in [-0.2, 0) is 9.47 Å². The Hall–Kier alpha value is -0.200. The zero-order valence-corrected chi connectivity index (χ0v) is 11.2. The third kappa shape index (κ3) is 4.89. The van der Waals surface area contributed by atoms with Crippen LogP contribution in [0.3, 0.4) is 0 Å². The zero-order chi connectivity index (χ0) is 13.1. The van der Waals surface area contributed by atoms with Gasteiger partial charge in [-0.2, -0.15) is 0 Å². The summed E-state index contributed by atoms with van der Waals surface area (Å²) >= 11 is 0. The molecule has 2 atom stereocenters. The van der Waals surface area contributed by atoms with Gasteiger partial charge in [-0.05, 0) is 33.6 Å². The SMILES string of the molecule is COC(O)C1CCN(C(O)OC(C)(C)C)CC1. The van der Waals surface area contributed by atoms with E-state index in [1.807, 2.05) is 25.7 Å². The number of methoxy groups -OCH3 is 1. The number of hydrogen-bond acceptors (Lipinski definition) is 5. The molecule has 1 aliphatic heterocycles. The average molecular weight is 247 g/mol. The van der Waals surface area contributed by atoms with E-state index in [0.717, 1.165) is 12.8 Å². The molecule has 0 aromatic rings. The molecule has 0 aromatic heterocycles. The zero-order valence-electron chi connectivity index (χ0n) is 11.2. The molecule has 102 valence electrons. The van der Waals surface area contributed by atoms with Crippen LogP contribution in [-0.4, -0.2) is 53.6 Å². The lowest BCUT2D eigenvalue weighted by atomic mass is 9.96. The van der Waals surface area contributed by atoms with Crippen molar-refractivity contribution in [3.8, 4) is 0 Å². The molecule has 0 radical (unpaired) electrons. The number of aliphatic hydroxyl groups is 2. The highest BCUT2D eigenvalue weighted by Gasteiger charge is 2.30. The molecule has 1 aliphatic rings. The molecule has 1 rings (SSSR count). The first-order valence-corrected chi connectivity index (χ1v) is 6.14. The lowest BCUT2D eigenvalue weighted by Gasteiger charge is -2.38. The monoisotopic (exact) mass is 247 g/mol. The lowest BCUT2D eigenvalue weighted by Crippen LogP contribution is -2.47. The van der Waals surface area contributed by atoms with Gasteiger partial charge in [-0.1, -0.05) is 0 Å². The van der Waals surface area contributed by atoms with Crippen molar-refractivity contribution in [1.29, 1.82) is 0 Å². The lowest BCUT2D eigenvalue weighted by molar-refractivity contribution is -0.247. The molecule has 0 aliphatic carbocycles. The number of rotatable bonds is 4. The summed E-state index contributed by atoms with van der Waals surface area (Å²) in [4.78, 5) is 1.88. The fraction of sp³-hybridized carbons (Fsp3) is 1.00. The van der Waals surface area contributed by atoms with Gasteiger partial charge in [-0.15, -0.1) is 0 Å². The Balaban J connectivity index is 2.36. The third-order valence-corrected chi connectivity index (χ3v) is 2.99. The van der Waals surface area contributed by atoms with Crippen LogP contribution in [0.2, 0.25) is 0 Å². The predicted molar refractivity (Wildman–Crippen MR) is 64.2 cm³/mol. The highest BCUT2D eigenvalue weighted by Crippen LogP contribution is 2.23. The van der Waals surface area contributed by atoms with Crippen molar-refractivity contribution >= 4 is 0 Å². The Morgan fingerprint density at radius 2 is 1.71 bits per heavy atom. The molecule has 0 spiro atoms. The van der Waals surface area contributed by atoms with Crippen LogP contribution in [0.25, 0.3) is 0 Å². The number of nitrogens with zero attached hydrogens (tertiary/aromatic N) is 1. The maximum absolute atomic E-state index is 9.90. The topological polar surface area (TPSA) is 62.2 Å². The molecule has 0 bridgehead atoms. The third-order valence-electron chi connectivity index (χ3n) is 2.99. The molecule has 0 saturated carbocycles. The van der Waals surface area contributed by atoms with E-state index in [1.54, 1.807) is 0 Å². The minimum absolute atomic E-state index is 0.151. The van der Waals surface area contributed by atoms with E-state index >= 15 is 0 Å². The van der Waals surface area contributed by atoms with Crippen molar-refractivity contribution < 1.29 is 19.7 Å². The minimum atomic E-state index is -0.865. The number of piperidine rings is 1. The Labute approximate surface area is 103 Å². The highest BCUT2D eigenvalue weighted by atomic mass is 16.6. The maximum atomic E-state index is 9.90. The molecule has 2 unspecified atom stereocenters. The van der Waals surface area contributed by atoms with E-state index in [-0.39, 0.29) is 11.5 Å². The molecule has 5 heteroatoms. The van der Waals surface area contributed by atoms with Crippen LogP contribution in [0.15, 0.2) is 0 Å². The summed E-state index contributed by atoms with van der Waals surface area (Å²) < 4.78 is 10.4. The van der Waals surface area contributed by atoms with Gasteiger partial charge >= 0.3 is 0 Å². The van der Waals surface area contributed by atoms with Crippen LogP contribution in [0.5, 0.6) is 0 Å². The molecule has 0 aromatic carbocycles. The summed E-state index contributed by atoms with van der Waals surface area (Å²) in [5.74, 6) is 0.151. The van der Waals surface area contributed by atoms with Crippen LogP contribution >= 0.6 is 0 Å². The Morgan fingerprint density at radius 1 is 1.18 bits per heavy atom. The van der Waals surface area contributed by atoms with E-state index in [1.165, 1.54) is 7.11 Å². The first-order valence-electron chi connectivity index (χ1n) is 6.14. The van der Waals surface area contributed by atoms with Crippen LogP contribution in [0.4, 0.5) is 0 Å². The Kier molecular flexibility index (Phi) is 5.34. The normalized spacial score (nSPS) is 23.6. The molecule has 17 heavy (non-hydrogen) atoms. The summed E-state index contributed by atoms with van der Waals surface area (Å²) in [6.07, 6.45) is 0.0487. The fourth-order valence-electron chi connectivity index (χ4n) is 2.01. The Bertz CT molecular complexity index is 221. The summed E-state index contributed by atoms with van der Waals surface area (Å²) in [6.45, 7) is 7.16. The number of hydrogen-bond donors (Lipinski definition) is 2. The molecular weight excluding hydrogens is 222 g/mol. The molecule has 5 nitrogen and oxygen atoms in total. The number of ether oxygens (including phenoxy) is 2. The predicted octanol–water partition coefficient (Wildman–Crippen LogP) is 0.754. The molecule has 0 amide bonds. The van der Waals surface area contributed by atoms with Crippen LogP contribution in [0, 0.1) is 5.92 Å². The van der Waals surface area contributed by atoms with Gasteiger partial charge in [-0.3, -0.25) is 4.90 Å². The molecule has 1 saturated heterocycles. The largest absolute Gasteiger partial charge is 0.368 e. The maximum Gasteiger partial charge on any atom is 0.216 e. The number of likely N-dealkylation sites (tertiary alicyclic amines) is 1. The second kappa shape index (κ2) is 6.11. The van der Waals surface area contributed by atoms with Gasteiger partial charge in [0, 0.05) is 26.1 Å². The van der Waals surface area contributed by atoms with Gasteiger partial charge in [0.15, 0.2) is 6.29 Å². The molecule has 1 fully saturated rings. The van der Waals surface area contributed by atoms with Crippen LogP contribution < -0.4 is 0 Å². The first-order chi connectivity index (χ1) is 7.83. The Morgan fingerprint density at radius 3 is 2.12 bits per heavy atom. The second-order valence-corrected chi connectivity index (χ2v) is 5.56. The van der Waals surface area contributed by atoms with Crippen molar-refractivity contribution in [3.63, 3.8) is 0 Å². The van der Waals surface area contributed by atoms with E-state index in [0.29, 0.717) is 13.1 Å². The standard InChI is InChI=1S/C12H25NO4/c1-12(2,3)17-11(15)13-7-5-9(6-8-13)10(14)16-4/h9-11,14-15H,5-8H2,1-4H3. The van der Waals surface area contributed by atoms with Crippen molar-refractivity contribution in [2.75, 3.05) is 20.2 Å². The molecule has 1 heterocycles. The quantitative estimate of drug-likeness (QED) is 0.718. The van der Waals surface area contributed by atoms with E-state index in [9.17, 15) is 10.2 Å².